The van der Waals surface area contributed by atoms with Crippen molar-refractivity contribution in [2.75, 3.05) is 5.32 Å². The van der Waals surface area contributed by atoms with E-state index in [0.29, 0.717) is 11.1 Å². The number of rotatable bonds is 1. The van der Waals surface area contributed by atoms with Gasteiger partial charge < -0.3 is 10.3 Å². The maximum absolute atomic E-state index is 15.2. The number of para-hydroxylation sites is 1. The standard InChI is InChI=1S/C19H15ClF2N2O/c1-19(2)8-11(25)13-15(21)12(16(22)14(20)18(13)24-19)10-5-3-4-9-6-7-23-17(9)10/h3-7,23-24H,8H2,1-2H3. The van der Waals surface area contributed by atoms with Gasteiger partial charge in [0.1, 0.15) is 10.8 Å². The number of hydrogen-bond acceptors (Lipinski definition) is 2. The van der Waals surface area contributed by atoms with E-state index in [2.05, 4.69) is 10.3 Å². The van der Waals surface area contributed by atoms with Crippen LogP contribution in [0.1, 0.15) is 30.6 Å². The maximum atomic E-state index is 15.2. The summed E-state index contributed by atoms with van der Waals surface area (Å²) >= 11 is 6.19. The van der Waals surface area contributed by atoms with Crippen molar-refractivity contribution in [2.45, 2.75) is 25.8 Å². The lowest BCUT2D eigenvalue weighted by Gasteiger charge is -2.34. The number of hydrogen-bond donors (Lipinski definition) is 2. The van der Waals surface area contributed by atoms with Crippen molar-refractivity contribution in [1.29, 1.82) is 0 Å². The molecule has 0 saturated heterocycles. The highest BCUT2D eigenvalue weighted by Gasteiger charge is 2.37. The second-order valence-corrected chi connectivity index (χ2v) is 7.30. The molecule has 0 saturated carbocycles. The Hall–Kier alpha value is -2.40. The number of halogens is 3. The zero-order chi connectivity index (χ0) is 17.9. The SMILES string of the molecule is CC1(C)CC(=O)c2c(F)c(-c3cccc4cc[nH]c34)c(F)c(Cl)c2N1. The normalized spacial score (nSPS) is 16.0. The molecule has 2 aromatic carbocycles. The first-order valence-corrected chi connectivity index (χ1v) is 8.26. The number of ketones is 1. The second-order valence-electron chi connectivity index (χ2n) is 6.92. The topological polar surface area (TPSA) is 44.9 Å². The van der Waals surface area contributed by atoms with Crippen molar-refractivity contribution >= 4 is 34.0 Å². The number of Topliss-reactive ketones (excluding diaryl/α,β-unsaturated/α-hetero) is 1. The van der Waals surface area contributed by atoms with Gasteiger partial charge in [-0.05, 0) is 25.3 Å². The molecule has 6 heteroatoms. The van der Waals surface area contributed by atoms with Crippen molar-refractivity contribution in [1.82, 2.24) is 4.98 Å². The predicted molar refractivity (Wildman–Crippen MR) is 95.3 cm³/mol. The molecule has 4 rings (SSSR count). The quantitative estimate of drug-likeness (QED) is 0.559. The molecule has 0 fully saturated rings. The van der Waals surface area contributed by atoms with Crippen molar-refractivity contribution < 1.29 is 13.6 Å². The van der Waals surface area contributed by atoms with Crippen LogP contribution in [0.25, 0.3) is 22.0 Å². The Balaban J connectivity index is 2.07. The van der Waals surface area contributed by atoms with Gasteiger partial charge in [-0.3, -0.25) is 4.79 Å². The molecule has 0 radical (unpaired) electrons. The van der Waals surface area contributed by atoms with E-state index in [0.717, 1.165) is 5.39 Å². The van der Waals surface area contributed by atoms with E-state index >= 15 is 8.78 Å². The van der Waals surface area contributed by atoms with Crippen LogP contribution in [0.3, 0.4) is 0 Å². The van der Waals surface area contributed by atoms with Crippen LogP contribution in [0.2, 0.25) is 5.02 Å². The lowest BCUT2D eigenvalue weighted by atomic mass is 9.86. The Morgan fingerprint density at radius 2 is 1.88 bits per heavy atom. The Kier molecular flexibility index (Phi) is 3.41. The fraction of sp³-hybridized carbons (Fsp3) is 0.211. The average molecular weight is 361 g/mol. The number of benzene rings is 2. The summed E-state index contributed by atoms with van der Waals surface area (Å²) < 4.78 is 30.3. The van der Waals surface area contributed by atoms with Crippen LogP contribution >= 0.6 is 11.6 Å². The van der Waals surface area contributed by atoms with Gasteiger partial charge in [0.05, 0.1) is 22.3 Å². The highest BCUT2D eigenvalue weighted by atomic mass is 35.5. The van der Waals surface area contributed by atoms with Crippen molar-refractivity contribution in [3.05, 3.63) is 52.7 Å². The lowest BCUT2D eigenvalue weighted by molar-refractivity contribution is 0.0954. The molecule has 2 N–H and O–H groups in total. The third-order valence-corrected chi connectivity index (χ3v) is 4.88. The Morgan fingerprint density at radius 1 is 1.12 bits per heavy atom. The molecule has 0 unspecified atom stereocenters. The van der Waals surface area contributed by atoms with Gasteiger partial charge in [0, 0.05) is 23.7 Å². The van der Waals surface area contributed by atoms with Gasteiger partial charge in [-0.15, -0.1) is 0 Å². The number of nitrogens with one attached hydrogen (secondary N) is 2. The summed E-state index contributed by atoms with van der Waals surface area (Å²) in [6.07, 6.45) is 1.80. The van der Waals surface area contributed by atoms with E-state index < -0.39 is 23.0 Å². The van der Waals surface area contributed by atoms with E-state index in [1.807, 2.05) is 12.1 Å². The predicted octanol–water partition coefficient (Wildman–Crippen LogP) is 5.54. The highest BCUT2D eigenvalue weighted by molar-refractivity contribution is 6.35. The number of carbonyl (C=O) groups is 1. The van der Waals surface area contributed by atoms with Crippen LogP contribution in [0.5, 0.6) is 0 Å². The minimum absolute atomic E-state index is 0.0281. The van der Waals surface area contributed by atoms with Crippen molar-refractivity contribution in [3.8, 4) is 11.1 Å². The summed E-state index contributed by atoms with van der Waals surface area (Å²) in [7, 11) is 0. The molecule has 2 heterocycles. The van der Waals surface area contributed by atoms with Crippen LogP contribution in [0.15, 0.2) is 30.5 Å². The molecule has 0 bridgehead atoms. The van der Waals surface area contributed by atoms with Gasteiger partial charge in [0.2, 0.25) is 0 Å². The summed E-state index contributed by atoms with van der Waals surface area (Å²) in [6, 6.07) is 6.96. The van der Waals surface area contributed by atoms with E-state index in [9.17, 15) is 4.79 Å². The number of anilines is 1. The second kappa shape index (κ2) is 5.30. The molecule has 1 aliphatic rings. The lowest BCUT2D eigenvalue weighted by Crippen LogP contribution is -2.39. The molecule has 1 aliphatic heterocycles. The first-order chi connectivity index (χ1) is 11.8. The molecule has 1 aromatic heterocycles. The van der Waals surface area contributed by atoms with E-state index in [-0.39, 0.29) is 28.3 Å². The fourth-order valence-electron chi connectivity index (χ4n) is 3.44. The zero-order valence-electron chi connectivity index (χ0n) is 13.6. The summed E-state index contributed by atoms with van der Waals surface area (Å²) in [5, 5.41) is 3.53. The molecular weight excluding hydrogens is 346 g/mol. The van der Waals surface area contributed by atoms with Crippen LogP contribution < -0.4 is 5.32 Å². The van der Waals surface area contributed by atoms with E-state index in [1.165, 1.54) is 0 Å². The third-order valence-electron chi connectivity index (χ3n) is 4.52. The molecule has 3 aromatic rings. The molecule has 0 aliphatic carbocycles. The largest absolute Gasteiger partial charge is 0.378 e. The molecule has 0 atom stereocenters. The number of carbonyl (C=O) groups excluding carboxylic acids is 1. The van der Waals surface area contributed by atoms with Crippen LogP contribution in [0.4, 0.5) is 14.5 Å². The number of aromatic nitrogens is 1. The third kappa shape index (κ3) is 2.34. The minimum atomic E-state index is -0.882. The van der Waals surface area contributed by atoms with Crippen LogP contribution in [0, 0.1) is 11.6 Å². The molecule has 3 nitrogen and oxygen atoms in total. The Bertz CT molecular complexity index is 1040. The molecular formula is C19H15ClF2N2O. The summed E-state index contributed by atoms with van der Waals surface area (Å²) in [5.74, 6) is -2.15. The monoisotopic (exact) mass is 360 g/mol. The van der Waals surface area contributed by atoms with E-state index in [1.54, 1.807) is 32.2 Å². The van der Waals surface area contributed by atoms with Gasteiger partial charge in [-0.2, -0.15) is 0 Å². The summed E-state index contributed by atoms with van der Waals surface area (Å²) in [6.45, 7) is 3.57. The minimum Gasteiger partial charge on any atom is -0.378 e. The molecule has 128 valence electrons. The van der Waals surface area contributed by atoms with E-state index in [4.69, 9.17) is 11.6 Å². The number of H-pyrrole nitrogens is 1. The molecule has 25 heavy (non-hydrogen) atoms. The van der Waals surface area contributed by atoms with Gasteiger partial charge in [-0.25, -0.2) is 8.78 Å². The highest BCUT2D eigenvalue weighted by Crippen LogP contribution is 2.44. The van der Waals surface area contributed by atoms with Crippen LogP contribution in [-0.2, 0) is 0 Å². The maximum Gasteiger partial charge on any atom is 0.170 e. The first-order valence-electron chi connectivity index (χ1n) is 7.88. The van der Waals surface area contributed by atoms with Gasteiger partial charge in [0.25, 0.3) is 0 Å². The molecule has 0 amide bonds. The van der Waals surface area contributed by atoms with Crippen LogP contribution in [-0.4, -0.2) is 16.3 Å². The fourth-order valence-corrected chi connectivity index (χ4v) is 3.68. The summed E-state index contributed by atoms with van der Waals surface area (Å²) in [4.78, 5) is 15.5. The van der Waals surface area contributed by atoms with Gasteiger partial charge in [-0.1, -0.05) is 29.8 Å². The average Bonchev–Trinajstić information content (AvgIpc) is 3.00. The molecule has 0 spiro atoms. The van der Waals surface area contributed by atoms with Crippen molar-refractivity contribution in [3.63, 3.8) is 0 Å². The Labute approximate surface area is 148 Å². The first kappa shape index (κ1) is 16.1. The number of fused-ring (bicyclic) bond motifs is 2. The zero-order valence-corrected chi connectivity index (χ0v) is 14.4. The van der Waals surface area contributed by atoms with Gasteiger partial charge in [0.15, 0.2) is 11.6 Å². The van der Waals surface area contributed by atoms with Crippen molar-refractivity contribution in [2.24, 2.45) is 0 Å². The smallest absolute Gasteiger partial charge is 0.170 e. The number of aromatic amines is 1. The Morgan fingerprint density at radius 3 is 2.64 bits per heavy atom. The summed E-state index contributed by atoms with van der Waals surface area (Å²) in [5.41, 5.74) is -0.128. The van der Waals surface area contributed by atoms with Gasteiger partial charge >= 0.3 is 0 Å².